The molecule has 0 saturated carbocycles. The lowest BCUT2D eigenvalue weighted by atomic mass is 10.0. The van der Waals surface area contributed by atoms with E-state index in [9.17, 15) is 4.79 Å². The number of carbonyl (C=O) groups excluding carboxylic acids is 1. The van der Waals surface area contributed by atoms with Gasteiger partial charge in [0.05, 0.1) is 6.33 Å². The van der Waals surface area contributed by atoms with E-state index >= 15 is 0 Å². The van der Waals surface area contributed by atoms with E-state index in [2.05, 4.69) is 60.8 Å². The van der Waals surface area contributed by atoms with Crippen molar-refractivity contribution in [1.29, 1.82) is 0 Å². The molecule has 0 unspecified atom stereocenters. The van der Waals surface area contributed by atoms with Crippen LogP contribution in [0.15, 0.2) is 36.7 Å². The van der Waals surface area contributed by atoms with Gasteiger partial charge in [-0.15, -0.1) is 0 Å². The van der Waals surface area contributed by atoms with Crippen molar-refractivity contribution in [3.05, 3.63) is 42.2 Å². The number of rotatable bonds is 9. The molecule has 4 heterocycles. The van der Waals surface area contributed by atoms with Crippen LogP contribution in [0.5, 0.6) is 0 Å². The molecule has 1 amide bonds. The van der Waals surface area contributed by atoms with Gasteiger partial charge in [-0.1, -0.05) is 30.3 Å². The zero-order chi connectivity index (χ0) is 22.5. The number of aromatic amines is 1. The monoisotopic (exact) mass is 448 g/mol. The first-order valence-electron chi connectivity index (χ1n) is 12.0. The van der Waals surface area contributed by atoms with E-state index in [4.69, 9.17) is 4.98 Å². The van der Waals surface area contributed by atoms with Crippen molar-refractivity contribution in [2.45, 2.75) is 44.7 Å². The Balaban J connectivity index is 1.15. The summed E-state index contributed by atoms with van der Waals surface area (Å²) in [5, 5.41) is 6.95. The van der Waals surface area contributed by atoms with Crippen LogP contribution in [0.1, 0.15) is 37.7 Å². The molecule has 9 nitrogen and oxygen atoms in total. The number of likely N-dealkylation sites (tertiary alicyclic amines) is 2. The van der Waals surface area contributed by atoms with Crippen LogP contribution >= 0.6 is 0 Å². The van der Waals surface area contributed by atoms with Crippen molar-refractivity contribution in [2.75, 3.05) is 43.4 Å². The third kappa shape index (κ3) is 5.42. The predicted molar refractivity (Wildman–Crippen MR) is 129 cm³/mol. The summed E-state index contributed by atoms with van der Waals surface area (Å²) in [5.74, 6) is 1.65. The lowest BCUT2D eigenvalue weighted by Gasteiger charge is -2.32. The van der Waals surface area contributed by atoms with Gasteiger partial charge >= 0.3 is 0 Å². The number of fused-ring (bicyclic) bond motifs is 1. The molecule has 0 radical (unpaired) electrons. The van der Waals surface area contributed by atoms with Gasteiger partial charge in [0, 0.05) is 51.7 Å². The van der Waals surface area contributed by atoms with Crippen LogP contribution in [-0.4, -0.2) is 74.4 Å². The van der Waals surface area contributed by atoms with Gasteiger partial charge in [0.2, 0.25) is 11.9 Å². The highest BCUT2D eigenvalue weighted by Crippen LogP contribution is 2.22. The Morgan fingerprint density at radius 1 is 1.09 bits per heavy atom. The van der Waals surface area contributed by atoms with E-state index in [0.29, 0.717) is 24.1 Å². The van der Waals surface area contributed by atoms with Gasteiger partial charge in [-0.2, -0.15) is 9.97 Å². The van der Waals surface area contributed by atoms with E-state index in [0.717, 1.165) is 76.3 Å². The van der Waals surface area contributed by atoms with Crippen LogP contribution in [-0.2, 0) is 11.3 Å². The second kappa shape index (κ2) is 10.2. The van der Waals surface area contributed by atoms with E-state index < -0.39 is 0 Å². The minimum Gasteiger partial charge on any atom is -0.368 e. The Labute approximate surface area is 194 Å². The van der Waals surface area contributed by atoms with Crippen LogP contribution in [0.25, 0.3) is 11.2 Å². The van der Waals surface area contributed by atoms with Crippen LogP contribution in [0.3, 0.4) is 0 Å². The Kier molecular flexibility index (Phi) is 6.66. The normalized spacial score (nSPS) is 17.7. The molecule has 0 spiro atoms. The molecule has 33 heavy (non-hydrogen) atoms. The molecule has 9 heteroatoms. The van der Waals surface area contributed by atoms with Crippen molar-refractivity contribution in [1.82, 2.24) is 29.7 Å². The smallest absolute Gasteiger partial charge is 0.227 e. The molecule has 0 bridgehead atoms. The van der Waals surface area contributed by atoms with Crippen LogP contribution < -0.4 is 10.6 Å². The summed E-state index contributed by atoms with van der Waals surface area (Å²) in [5.41, 5.74) is 2.84. The maximum atomic E-state index is 11.8. The Hall–Kier alpha value is -3.20. The first kappa shape index (κ1) is 21.6. The van der Waals surface area contributed by atoms with Crippen LogP contribution in [0, 0.1) is 0 Å². The Morgan fingerprint density at radius 3 is 2.73 bits per heavy atom. The summed E-state index contributed by atoms with van der Waals surface area (Å²) >= 11 is 0. The fraction of sp³-hybridized carbons (Fsp3) is 0.500. The molecule has 3 aromatic rings. The lowest BCUT2D eigenvalue weighted by molar-refractivity contribution is -0.127. The minimum atomic E-state index is 0.272. The highest BCUT2D eigenvalue weighted by atomic mass is 16.2. The molecule has 0 aliphatic carbocycles. The van der Waals surface area contributed by atoms with Gasteiger partial charge in [-0.3, -0.25) is 9.69 Å². The Morgan fingerprint density at radius 2 is 1.94 bits per heavy atom. The second-order valence-electron chi connectivity index (χ2n) is 8.94. The summed E-state index contributed by atoms with van der Waals surface area (Å²) in [6, 6.07) is 11.0. The third-order valence-electron chi connectivity index (χ3n) is 6.52. The molecular formula is C24H32N8O. The van der Waals surface area contributed by atoms with Crippen molar-refractivity contribution < 1.29 is 4.79 Å². The molecular weight excluding hydrogens is 416 g/mol. The first-order chi connectivity index (χ1) is 16.2. The fourth-order valence-corrected chi connectivity index (χ4v) is 4.70. The number of H-pyrrole nitrogens is 1. The standard InChI is InChI=1S/C24H32N8O/c33-20-8-4-12-32(20)13-5-11-25-22-21-23(27-17-26-21)30-24(29-22)28-19-9-14-31(15-10-19)16-18-6-2-1-3-7-18/h1-3,6-7,17,19H,4-5,8-16H2,(H3,25,26,27,28,29,30). The van der Waals surface area contributed by atoms with Gasteiger partial charge in [0.1, 0.15) is 5.52 Å². The largest absolute Gasteiger partial charge is 0.368 e. The number of hydrogen-bond donors (Lipinski definition) is 3. The van der Waals surface area contributed by atoms with Gasteiger partial charge < -0.3 is 20.5 Å². The molecule has 0 atom stereocenters. The number of piperidine rings is 1. The second-order valence-corrected chi connectivity index (χ2v) is 8.94. The number of aromatic nitrogens is 4. The Bertz CT molecular complexity index is 1060. The molecule has 2 aromatic heterocycles. The maximum Gasteiger partial charge on any atom is 0.227 e. The number of imidazole rings is 1. The predicted octanol–water partition coefficient (Wildman–Crippen LogP) is 2.85. The van der Waals surface area contributed by atoms with Gasteiger partial charge in [0.15, 0.2) is 11.5 Å². The van der Waals surface area contributed by atoms with E-state index in [1.54, 1.807) is 6.33 Å². The number of nitrogens with one attached hydrogen (secondary N) is 3. The van der Waals surface area contributed by atoms with Gasteiger partial charge in [0.25, 0.3) is 0 Å². The lowest BCUT2D eigenvalue weighted by Crippen LogP contribution is -2.39. The van der Waals surface area contributed by atoms with E-state index in [-0.39, 0.29) is 5.91 Å². The third-order valence-corrected chi connectivity index (χ3v) is 6.52. The summed E-state index contributed by atoms with van der Waals surface area (Å²) in [7, 11) is 0. The molecule has 5 rings (SSSR count). The number of amides is 1. The molecule has 3 N–H and O–H groups in total. The highest BCUT2D eigenvalue weighted by molar-refractivity contribution is 5.83. The van der Waals surface area contributed by atoms with Crippen LogP contribution in [0.4, 0.5) is 11.8 Å². The topological polar surface area (TPSA) is 102 Å². The molecule has 2 saturated heterocycles. The molecule has 2 aliphatic rings. The highest BCUT2D eigenvalue weighted by Gasteiger charge is 2.21. The van der Waals surface area contributed by atoms with Gasteiger partial charge in [-0.25, -0.2) is 4.98 Å². The van der Waals surface area contributed by atoms with Crippen molar-refractivity contribution in [3.63, 3.8) is 0 Å². The SMILES string of the molecule is O=C1CCCN1CCCNc1nc(NC2CCN(Cc3ccccc3)CC2)nc2nc[nH]c12. The first-order valence-corrected chi connectivity index (χ1v) is 12.0. The summed E-state index contributed by atoms with van der Waals surface area (Å²) in [6.07, 6.45) is 6.32. The quantitative estimate of drug-likeness (QED) is 0.433. The number of carbonyl (C=O) groups is 1. The summed E-state index contributed by atoms with van der Waals surface area (Å²) < 4.78 is 0. The zero-order valence-electron chi connectivity index (χ0n) is 19.0. The molecule has 2 aliphatic heterocycles. The molecule has 174 valence electrons. The van der Waals surface area contributed by atoms with Gasteiger partial charge in [-0.05, 0) is 31.2 Å². The molecule has 2 fully saturated rings. The average molecular weight is 449 g/mol. The van der Waals surface area contributed by atoms with Crippen molar-refractivity contribution in [3.8, 4) is 0 Å². The minimum absolute atomic E-state index is 0.272. The summed E-state index contributed by atoms with van der Waals surface area (Å²) in [4.78, 5) is 33.1. The maximum absolute atomic E-state index is 11.8. The number of benzene rings is 1. The van der Waals surface area contributed by atoms with E-state index in [1.807, 2.05) is 4.90 Å². The van der Waals surface area contributed by atoms with Crippen LogP contribution in [0.2, 0.25) is 0 Å². The zero-order valence-corrected chi connectivity index (χ0v) is 19.0. The number of hydrogen-bond acceptors (Lipinski definition) is 7. The average Bonchev–Trinajstić information content (AvgIpc) is 3.47. The van der Waals surface area contributed by atoms with Crippen molar-refractivity contribution >= 4 is 28.8 Å². The number of anilines is 2. The molecule has 1 aromatic carbocycles. The van der Waals surface area contributed by atoms with E-state index in [1.165, 1.54) is 5.56 Å². The fourth-order valence-electron chi connectivity index (χ4n) is 4.70. The summed E-state index contributed by atoms with van der Waals surface area (Å²) in [6.45, 7) is 5.52. The number of nitrogens with zero attached hydrogens (tertiary/aromatic N) is 5. The van der Waals surface area contributed by atoms with Crippen molar-refractivity contribution in [2.24, 2.45) is 0 Å².